The van der Waals surface area contributed by atoms with Crippen LogP contribution in [0, 0.1) is 0 Å². The Hall–Kier alpha value is -7.00. The first-order chi connectivity index (χ1) is 30.5. The van der Waals surface area contributed by atoms with Crippen LogP contribution in [-0.2, 0) is 0 Å². The average molecular weight is 758 g/mol. The minimum absolute atomic E-state index is 0.0144. The van der Waals surface area contributed by atoms with Crippen molar-refractivity contribution in [3.05, 3.63) is 258 Å². The van der Waals surface area contributed by atoms with Crippen molar-refractivity contribution in [2.75, 3.05) is 0 Å². The highest BCUT2D eigenvalue weighted by Crippen LogP contribution is 2.57. The van der Waals surface area contributed by atoms with E-state index in [4.69, 9.17) is 4.11 Å². The van der Waals surface area contributed by atoms with Gasteiger partial charge in [0.05, 0.1) is 22.2 Å². The molecule has 0 radical (unpaired) electrons. The summed E-state index contributed by atoms with van der Waals surface area (Å²) in [5, 5.41) is 6.65. The van der Waals surface area contributed by atoms with Crippen molar-refractivity contribution < 1.29 is 5.48 Å². The van der Waals surface area contributed by atoms with Gasteiger partial charge in [-0.15, -0.1) is 0 Å². The van der Waals surface area contributed by atoms with Crippen LogP contribution in [0.3, 0.4) is 0 Å². The molecule has 0 aliphatic heterocycles. The topological polar surface area (TPSA) is 4.93 Å². The zero-order valence-electron chi connectivity index (χ0n) is 35.7. The van der Waals surface area contributed by atoms with E-state index in [-0.39, 0.29) is 36.0 Å². The van der Waals surface area contributed by atoms with E-state index >= 15 is 0 Å². The molecule has 0 saturated carbocycles. The average Bonchev–Trinajstić information content (AvgIpc) is 3.69. The molecule has 2 bridgehead atoms. The van der Waals surface area contributed by atoms with Crippen molar-refractivity contribution in [2.24, 2.45) is 0 Å². The van der Waals surface area contributed by atoms with Crippen LogP contribution < -0.4 is 20.7 Å². The van der Waals surface area contributed by atoms with Crippen LogP contribution in [-0.4, -0.2) is 12.6 Å². The van der Waals surface area contributed by atoms with Crippen molar-refractivity contribution in [1.82, 2.24) is 4.57 Å². The van der Waals surface area contributed by atoms with Crippen molar-refractivity contribution in [1.29, 1.82) is 0 Å². The maximum Gasteiger partial charge on any atom is 0.179 e. The van der Waals surface area contributed by atoms with E-state index in [1.807, 2.05) is 18.2 Å². The molecule has 13 rings (SSSR count). The maximum absolute atomic E-state index is 9.40. The molecular weight excluding hydrogens is 715 g/mol. The summed E-state index contributed by atoms with van der Waals surface area (Å²) in [5.41, 5.74) is 12.4. The number of rotatable bonds is 6. The summed E-state index contributed by atoms with van der Waals surface area (Å²) in [4.78, 5) is 0. The Morgan fingerprint density at radius 1 is 0.397 bits per heavy atom. The quantitative estimate of drug-likeness (QED) is 0.118. The van der Waals surface area contributed by atoms with E-state index in [1.54, 1.807) is 0 Å². The SMILES string of the molecule is [2H]c1c([2H])c([2H])c2c(c1[2H])c1ccccc1n2-c1cccc2c1C1c3ccccc3C2c2cccc([Si](c3ccccc3)(c3ccccc3)c3cccc(-c4ccccc4)c3)c21. The lowest BCUT2D eigenvalue weighted by atomic mass is 9.60. The molecule has 9 aromatic carbocycles. The maximum atomic E-state index is 9.40. The molecule has 3 aliphatic carbocycles. The fraction of sp³-hybridized carbons (Fsp3) is 0.0357. The third-order valence-electron chi connectivity index (χ3n) is 12.8. The van der Waals surface area contributed by atoms with E-state index < -0.39 is 8.07 Å². The van der Waals surface area contributed by atoms with Gasteiger partial charge in [0, 0.05) is 22.6 Å². The first-order valence-corrected chi connectivity index (χ1v) is 22.1. The second kappa shape index (κ2) is 13.0. The Balaban J connectivity index is 1.22. The Kier molecular flexibility index (Phi) is 6.57. The lowest BCUT2D eigenvalue weighted by Crippen LogP contribution is -2.75. The third-order valence-corrected chi connectivity index (χ3v) is 17.7. The molecule has 1 aromatic heterocycles. The van der Waals surface area contributed by atoms with Gasteiger partial charge in [-0.05, 0) is 83.4 Å². The normalized spacial score (nSPS) is 16.2. The smallest absolute Gasteiger partial charge is 0.179 e. The summed E-state index contributed by atoms with van der Waals surface area (Å²) in [5.74, 6) is -0.214. The van der Waals surface area contributed by atoms with Gasteiger partial charge in [-0.3, -0.25) is 0 Å². The number of para-hydroxylation sites is 2. The van der Waals surface area contributed by atoms with Gasteiger partial charge in [-0.2, -0.15) is 0 Å². The van der Waals surface area contributed by atoms with Gasteiger partial charge in [0.15, 0.2) is 8.07 Å². The van der Waals surface area contributed by atoms with Crippen LogP contribution in [0.1, 0.15) is 50.7 Å². The molecule has 272 valence electrons. The van der Waals surface area contributed by atoms with Gasteiger partial charge >= 0.3 is 0 Å². The Bertz CT molecular complexity index is 3380. The van der Waals surface area contributed by atoms with Crippen LogP contribution in [0.2, 0.25) is 0 Å². The summed E-state index contributed by atoms with van der Waals surface area (Å²) in [7, 11) is -3.13. The number of benzene rings is 9. The standard InChI is InChI=1S/C56H39NSi/c1-4-19-38(20-5-1)39-21-16-26-42(37-39)58(40-22-6-2-7-23-40,41-24-8-3-9-25-41)52-36-18-32-48-53-45-29-10-11-30-46(45)56(55(48)52)54-47(53)31-17-35-51(54)57-49-33-14-12-27-43(49)44-28-13-15-34-50(44)57/h1-37,53,56H/i12D,14D,27D,33D. The summed E-state index contributed by atoms with van der Waals surface area (Å²) in [6.07, 6.45) is 0. The van der Waals surface area contributed by atoms with Gasteiger partial charge in [0.2, 0.25) is 0 Å². The molecule has 2 atom stereocenters. The Morgan fingerprint density at radius 2 is 0.948 bits per heavy atom. The molecule has 0 amide bonds. The summed E-state index contributed by atoms with van der Waals surface area (Å²) in [6.45, 7) is 0. The zero-order chi connectivity index (χ0) is 41.7. The molecule has 0 fully saturated rings. The van der Waals surface area contributed by atoms with Gasteiger partial charge in [-0.1, -0.05) is 206 Å². The van der Waals surface area contributed by atoms with Crippen LogP contribution in [0.4, 0.5) is 0 Å². The first-order valence-electron chi connectivity index (χ1n) is 22.1. The molecule has 10 aromatic rings. The molecule has 0 N–H and O–H groups in total. The molecule has 3 aliphatic rings. The van der Waals surface area contributed by atoms with Crippen LogP contribution >= 0.6 is 0 Å². The molecule has 2 heteroatoms. The number of aromatic nitrogens is 1. The second-order valence-electron chi connectivity index (χ2n) is 15.6. The highest BCUT2D eigenvalue weighted by atomic mass is 28.3. The van der Waals surface area contributed by atoms with Gasteiger partial charge < -0.3 is 4.57 Å². The Labute approximate surface area is 345 Å². The highest BCUT2D eigenvalue weighted by Gasteiger charge is 2.50. The van der Waals surface area contributed by atoms with Gasteiger partial charge in [-0.25, -0.2) is 0 Å². The van der Waals surface area contributed by atoms with Crippen molar-refractivity contribution in [3.8, 4) is 16.8 Å². The molecule has 2 unspecified atom stereocenters. The highest BCUT2D eigenvalue weighted by molar-refractivity contribution is 7.20. The fourth-order valence-corrected chi connectivity index (χ4v) is 15.7. The number of hydrogen-bond acceptors (Lipinski definition) is 0. The molecule has 1 nitrogen and oxygen atoms in total. The number of nitrogens with zero attached hydrogens (tertiary/aromatic N) is 1. The summed E-state index contributed by atoms with van der Waals surface area (Å²) < 4.78 is 38.3. The second-order valence-corrected chi connectivity index (χ2v) is 19.4. The van der Waals surface area contributed by atoms with E-state index in [1.165, 1.54) is 65.3 Å². The van der Waals surface area contributed by atoms with E-state index in [9.17, 15) is 1.37 Å². The molecular formula is C56H39NSi. The van der Waals surface area contributed by atoms with E-state index in [0.717, 1.165) is 16.6 Å². The Morgan fingerprint density at radius 3 is 1.71 bits per heavy atom. The third kappa shape index (κ3) is 4.64. The zero-order valence-corrected chi connectivity index (χ0v) is 32.7. The summed E-state index contributed by atoms with van der Waals surface area (Å²) >= 11 is 0. The van der Waals surface area contributed by atoms with Crippen molar-refractivity contribution in [3.63, 3.8) is 0 Å². The lowest BCUT2D eigenvalue weighted by molar-refractivity contribution is 0.752. The largest absolute Gasteiger partial charge is 0.309 e. The predicted octanol–water partition coefficient (Wildman–Crippen LogP) is 10.8. The molecule has 58 heavy (non-hydrogen) atoms. The van der Waals surface area contributed by atoms with Crippen molar-refractivity contribution >= 4 is 50.6 Å². The van der Waals surface area contributed by atoms with Gasteiger partial charge in [0.25, 0.3) is 0 Å². The number of hydrogen-bond donors (Lipinski definition) is 0. The van der Waals surface area contributed by atoms with Crippen molar-refractivity contribution in [2.45, 2.75) is 11.8 Å². The van der Waals surface area contributed by atoms with Gasteiger partial charge in [0.1, 0.15) is 0 Å². The van der Waals surface area contributed by atoms with Crippen LogP contribution in [0.25, 0.3) is 38.6 Å². The van der Waals surface area contributed by atoms with E-state index in [0.29, 0.717) is 10.9 Å². The number of fused-ring (bicyclic) bond motifs is 3. The minimum Gasteiger partial charge on any atom is -0.309 e. The monoisotopic (exact) mass is 757 g/mol. The molecule has 0 spiro atoms. The minimum atomic E-state index is -3.13. The predicted molar refractivity (Wildman–Crippen MR) is 245 cm³/mol. The molecule has 0 saturated heterocycles. The lowest BCUT2D eigenvalue weighted by Gasteiger charge is -2.47. The first kappa shape index (κ1) is 29.3. The molecule has 1 heterocycles. The summed E-state index contributed by atoms with van der Waals surface area (Å²) in [6, 6.07) is 72.4. The van der Waals surface area contributed by atoms with Crippen LogP contribution in [0.5, 0.6) is 0 Å². The van der Waals surface area contributed by atoms with Crippen LogP contribution in [0.15, 0.2) is 224 Å². The van der Waals surface area contributed by atoms with E-state index in [2.05, 4.69) is 187 Å². The fourth-order valence-electron chi connectivity index (χ4n) is 10.6.